The molecule has 3 unspecified atom stereocenters. The molecule has 3 atom stereocenters. The van der Waals surface area contributed by atoms with Gasteiger partial charge in [0.05, 0.1) is 0 Å². The Bertz CT molecular complexity index is 111. The van der Waals surface area contributed by atoms with E-state index in [0.29, 0.717) is 0 Å². The summed E-state index contributed by atoms with van der Waals surface area (Å²) in [4.78, 5) is 0. The summed E-state index contributed by atoms with van der Waals surface area (Å²) in [5.74, 6) is 2.05. The molecular formula is C10H21N. The van der Waals surface area contributed by atoms with Crippen LogP contribution < -0.4 is 5.32 Å². The van der Waals surface area contributed by atoms with Crippen LogP contribution in [0.15, 0.2) is 0 Å². The van der Waals surface area contributed by atoms with Crippen molar-refractivity contribution in [3.8, 4) is 0 Å². The van der Waals surface area contributed by atoms with E-state index in [-0.39, 0.29) is 0 Å². The highest BCUT2D eigenvalue weighted by atomic mass is 14.9. The molecule has 0 heterocycles. The lowest BCUT2D eigenvalue weighted by molar-refractivity contribution is 0.439. The second-order valence-electron chi connectivity index (χ2n) is 3.75. The zero-order valence-electron chi connectivity index (χ0n) is 8.06. The molecular weight excluding hydrogens is 134 g/mol. The molecule has 1 saturated carbocycles. The number of rotatable bonds is 5. The monoisotopic (exact) mass is 155 g/mol. The van der Waals surface area contributed by atoms with Crippen LogP contribution in [-0.4, -0.2) is 13.1 Å². The normalized spacial score (nSPS) is 31.9. The molecule has 0 spiro atoms. The molecule has 1 rings (SSSR count). The Balaban J connectivity index is 2.22. The predicted octanol–water partition coefficient (Wildman–Crippen LogP) is 2.42. The fraction of sp³-hybridized carbons (Fsp3) is 1.00. The van der Waals surface area contributed by atoms with Crippen LogP contribution in [-0.2, 0) is 0 Å². The van der Waals surface area contributed by atoms with Gasteiger partial charge in [-0.15, -0.1) is 0 Å². The Morgan fingerprint density at radius 2 is 2.18 bits per heavy atom. The van der Waals surface area contributed by atoms with Gasteiger partial charge in [0.1, 0.15) is 0 Å². The summed E-state index contributed by atoms with van der Waals surface area (Å²) in [6.45, 7) is 4.58. The third-order valence-corrected chi connectivity index (χ3v) is 2.99. The first-order valence-corrected chi connectivity index (χ1v) is 5.00. The second-order valence-corrected chi connectivity index (χ2v) is 3.75. The van der Waals surface area contributed by atoms with Crippen molar-refractivity contribution in [2.75, 3.05) is 7.05 Å². The molecule has 1 aliphatic rings. The topological polar surface area (TPSA) is 12.0 Å². The highest BCUT2D eigenvalue weighted by molar-refractivity contribution is 4.93. The van der Waals surface area contributed by atoms with Crippen LogP contribution >= 0.6 is 0 Å². The summed E-state index contributed by atoms with van der Waals surface area (Å²) in [7, 11) is 2.10. The molecule has 0 aromatic rings. The van der Waals surface area contributed by atoms with Gasteiger partial charge in [-0.1, -0.05) is 26.7 Å². The molecule has 0 radical (unpaired) electrons. The number of hydrogen-bond donors (Lipinski definition) is 1. The van der Waals surface area contributed by atoms with Crippen LogP contribution in [0.4, 0.5) is 0 Å². The van der Waals surface area contributed by atoms with Crippen LogP contribution in [0.1, 0.15) is 39.5 Å². The van der Waals surface area contributed by atoms with E-state index in [9.17, 15) is 0 Å². The van der Waals surface area contributed by atoms with E-state index in [4.69, 9.17) is 0 Å². The molecule has 66 valence electrons. The lowest BCUT2D eigenvalue weighted by atomic mass is 10.1. The molecule has 0 saturated heterocycles. The number of nitrogens with one attached hydrogen (secondary N) is 1. The molecule has 0 bridgehead atoms. The average Bonchev–Trinajstić information content (AvgIpc) is 2.79. The zero-order chi connectivity index (χ0) is 8.27. The van der Waals surface area contributed by atoms with Gasteiger partial charge < -0.3 is 5.32 Å². The van der Waals surface area contributed by atoms with Crippen molar-refractivity contribution in [1.82, 2.24) is 5.32 Å². The summed E-state index contributed by atoms with van der Waals surface area (Å²) in [5, 5.41) is 3.43. The molecule has 1 nitrogen and oxygen atoms in total. The van der Waals surface area contributed by atoms with Gasteiger partial charge in [0.25, 0.3) is 0 Å². The molecule has 1 heteroatoms. The second kappa shape index (κ2) is 4.10. The Hall–Kier alpha value is -0.0400. The first kappa shape index (κ1) is 9.05. The maximum atomic E-state index is 3.43. The SMILES string of the molecule is CCCC(NC)C1CC1CC. The first-order chi connectivity index (χ1) is 5.33. The van der Waals surface area contributed by atoms with E-state index in [1.807, 2.05) is 0 Å². The molecule has 0 aliphatic heterocycles. The summed E-state index contributed by atoms with van der Waals surface area (Å²) in [5.41, 5.74) is 0. The van der Waals surface area contributed by atoms with E-state index in [0.717, 1.165) is 17.9 Å². The standard InChI is InChI=1S/C10H21N/c1-4-6-10(11-3)9-7-8(9)5-2/h8-11H,4-7H2,1-3H3. The third kappa shape index (κ3) is 2.19. The van der Waals surface area contributed by atoms with Crippen molar-refractivity contribution in [3.63, 3.8) is 0 Å². The van der Waals surface area contributed by atoms with Gasteiger partial charge in [-0.3, -0.25) is 0 Å². The van der Waals surface area contributed by atoms with E-state index >= 15 is 0 Å². The quantitative estimate of drug-likeness (QED) is 0.643. The molecule has 1 aliphatic carbocycles. The molecule has 0 aromatic heterocycles. The van der Waals surface area contributed by atoms with Crippen molar-refractivity contribution in [2.45, 2.75) is 45.6 Å². The highest BCUT2D eigenvalue weighted by Gasteiger charge is 2.39. The van der Waals surface area contributed by atoms with Gasteiger partial charge in [0, 0.05) is 6.04 Å². The predicted molar refractivity (Wildman–Crippen MR) is 49.6 cm³/mol. The van der Waals surface area contributed by atoms with Crippen LogP contribution in [0, 0.1) is 11.8 Å². The van der Waals surface area contributed by atoms with Crippen molar-refractivity contribution in [2.24, 2.45) is 11.8 Å². The van der Waals surface area contributed by atoms with Gasteiger partial charge >= 0.3 is 0 Å². The van der Waals surface area contributed by atoms with Gasteiger partial charge in [-0.25, -0.2) is 0 Å². The third-order valence-electron chi connectivity index (χ3n) is 2.99. The molecule has 1 fully saturated rings. The molecule has 1 N–H and O–H groups in total. The van der Waals surface area contributed by atoms with Crippen LogP contribution in [0.5, 0.6) is 0 Å². The van der Waals surface area contributed by atoms with Crippen LogP contribution in [0.2, 0.25) is 0 Å². The van der Waals surface area contributed by atoms with Crippen molar-refractivity contribution in [1.29, 1.82) is 0 Å². The van der Waals surface area contributed by atoms with Gasteiger partial charge in [0.15, 0.2) is 0 Å². The van der Waals surface area contributed by atoms with Gasteiger partial charge in [-0.2, -0.15) is 0 Å². The Morgan fingerprint density at radius 1 is 1.45 bits per heavy atom. The largest absolute Gasteiger partial charge is 0.317 e. The Kier molecular flexibility index (Phi) is 3.38. The highest BCUT2D eigenvalue weighted by Crippen LogP contribution is 2.44. The summed E-state index contributed by atoms with van der Waals surface area (Å²) in [6.07, 6.45) is 5.53. The van der Waals surface area contributed by atoms with Crippen LogP contribution in [0.3, 0.4) is 0 Å². The molecule has 0 aromatic carbocycles. The summed E-state index contributed by atoms with van der Waals surface area (Å²) in [6, 6.07) is 0.810. The van der Waals surface area contributed by atoms with Crippen molar-refractivity contribution < 1.29 is 0 Å². The minimum Gasteiger partial charge on any atom is -0.317 e. The Morgan fingerprint density at radius 3 is 2.55 bits per heavy atom. The average molecular weight is 155 g/mol. The fourth-order valence-electron chi connectivity index (χ4n) is 2.12. The van der Waals surface area contributed by atoms with Gasteiger partial charge in [-0.05, 0) is 31.7 Å². The van der Waals surface area contributed by atoms with Crippen LogP contribution in [0.25, 0.3) is 0 Å². The number of hydrogen-bond acceptors (Lipinski definition) is 1. The molecule has 0 amide bonds. The maximum absolute atomic E-state index is 3.43. The summed E-state index contributed by atoms with van der Waals surface area (Å²) < 4.78 is 0. The van der Waals surface area contributed by atoms with Crippen molar-refractivity contribution in [3.05, 3.63) is 0 Å². The first-order valence-electron chi connectivity index (χ1n) is 5.00. The molecule has 11 heavy (non-hydrogen) atoms. The van der Waals surface area contributed by atoms with E-state index in [2.05, 4.69) is 26.2 Å². The van der Waals surface area contributed by atoms with E-state index in [1.54, 1.807) is 0 Å². The van der Waals surface area contributed by atoms with Crippen molar-refractivity contribution >= 4 is 0 Å². The van der Waals surface area contributed by atoms with Gasteiger partial charge in [0.2, 0.25) is 0 Å². The lowest BCUT2D eigenvalue weighted by Gasteiger charge is -2.14. The van der Waals surface area contributed by atoms with E-state index in [1.165, 1.54) is 25.7 Å². The van der Waals surface area contributed by atoms with E-state index < -0.39 is 0 Å². The fourth-order valence-corrected chi connectivity index (χ4v) is 2.12. The minimum absolute atomic E-state index is 0.810. The zero-order valence-corrected chi connectivity index (χ0v) is 8.06. The smallest absolute Gasteiger partial charge is 0.00949 e. The Labute approximate surface area is 70.6 Å². The maximum Gasteiger partial charge on any atom is 0.00949 e. The lowest BCUT2D eigenvalue weighted by Crippen LogP contribution is -2.27. The summed E-state index contributed by atoms with van der Waals surface area (Å²) >= 11 is 0. The minimum atomic E-state index is 0.810.